The molecule has 0 N–H and O–H groups in total. The second kappa shape index (κ2) is 4.85. The number of hydrogen-bond acceptors (Lipinski definition) is 1. The highest BCUT2D eigenvalue weighted by Crippen LogP contribution is 2.23. The van der Waals surface area contributed by atoms with Crippen LogP contribution < -0.4 is 0 Å². The summed E-state index contributed by atoms with van der Waals surface area (Å²) in [7, 11) is 2.06. The first kappa shape index (κ1) is 12.5. The summed E-state index contributed by atoms with van der Waals surface area (Å²) in [5, 5.41) is 0. The van der Waals surface area contributed by atoms with E-state index in [1.54, 1.807) is 0 Å². The van der Waals surface area contributed by atoms with E-state index in [1.165, 1.54) is 11.3 Å². The van der Waals surface area contributed by atoms with E-state index < -0.39 is 0 Å². The molecular formula is C15H15BrN2O. The number of nitrogens with zero attached hydrogens (tertiary/aromatic N) is 2. The van der Waals surface area contributed by atoms with Gasteiger partial charge in [-0.25, -0.2) is 0 Å². The fraction of sp³-hybridized carbons (Fsp3) is 0.267. The molecule has 98 valence electrons. The zero-order chi connectivity index (χ0) is 13.4. The summed E-state index contributed by atoms with van der Waals surface area (Å²) in [5.74, 6) is 0.0991. The van der Waals surface area contributed by atoms with E-state index in [0.717, 1.165) is 23.0 Å². The van der Waals surface area contributed by atoms with Crippen LogP contribution in [0.15, 0.2) is 41.0 Å². The van der Waals surface area contributed by atoms with E-state index in [2.05, 4.69) is 39.8 Å². The lowest BCUT2D eigenvalue weighted by Gasteiger charge is -2.28. The summed E-state index contributed by atoms with van der Waals surface area (Å²) in [4.78, 5) is 14.4. The Morgan fingerprint density at radius 1 is 1.26 bits per heavy atom. The number of hydrogen-bond donors (Lipinski definition) is 0. The molecule has 1 aromatic carbocycles. The van der Waals surface area contributed by atoms with Crippen LogP contribution in [0.1, 0.15) is 21.6 Å². The molecule has 4 heteroatoms. The minimum Gasteiger partial charge on any atom is -0.354 e. The average molecular weight is 319 g/mol. The van der Waals surface area contributed by atoms with Gasteiger partial charge in [0.15, 0.2) is 0 Å². The Morgan fingerprint density at radius 2 is 2.05 bits per heavy atom. The molecule has 0 radical (unpaired) electrons. The SMILES string of the molecule is Cn1ccc2c1CCN(C(=O)c1ccccc1Br)C2. The van der Waals surface area contributed by atoms with Crippen LogP contribution in [0, 0.1) is 0 Å². The van der Waals surface area contributed by atoms with Gasteiger partial charge in [0.1, 0.15) is 0 Å². The molecule has 0 saturated carbocycles. The van der Waals surface area contributed by atoms with Crippen molar-refractivity contribution in [2.45, 2.75) is 13.0 Å². The van der Waals surface area contributed by atoms with Gasteiger partial charge in [-0.15, -0.1) is 0 Å². The highest BCUT2D eigenvalue weighted by Gasteiger charge is 2.24. The minimum atomic E-state index is 0.0991. The number of benzene rings is 1. The van der Waals surface area contributed by atoms with Gasteiger partial charge in [-0.1, -0.05) is 12.1 Å². The molecule has 3 rings (SSSR count). The van der Waals surface area contributed by atoms with Crippen molar-refractivity contribution in [2.24, 2.45) is 7.05 Å². The lowest BCUT2D eigenvalue weighted by Crippen LogP contribution is -2.36. The highest BCUT2D eigenvalue weighted by molar-refractivity contribution is 9.10. The second-order valence-electron chi connectivity index (χ2n) is 4.86. The zero-order valence-corrected chi connectivity index (χ0v) is 12.4. The number of carbonyl (C=O) groups is 1. The molecule has 1 aliphatic rings. The number of halogens is 1. The summed E-state index contributed by atoms with van der Waals surface area (Å²) in [6.45, 7) is 1.49. The summed E-state index contributed by atoms with van der Waals surface area (Å²) >= 11 is 3.45. The normalized spacial score (nSPS) is 14.3. The van der Waals surface area contributed by atoms with Crippen LogP contribution in [0.5, 0.6) is 0 Å². The quantitative estimate of drug-likeness (QED) is 0.793. The number of aromatic nitrogens is 1. The van der Waals surface area contributed by atoms with Gasteiger partial charge in [0.25, 0.3) is 5.91 Å². The van der Waals surface area contributed by atoms with Gasteiger partial charge in [0.05, 0.1) is 5.56 Å². The molecule has 1 aliphatic heterocycles. The molecule has 0 bridgehead atoms. The molecule has 1 amide bonds. The van der Waals surface area contributed by atoms with Gasteiger partial charge < -0.3 is 9.47 Å². The third kappa shape index (κ3) is 2.21. The predicted molar refractivity (Wildman–Crippen MR) is 78.0 cm³/mol. The van der Waals surface area contributed by atoms with Crippen molar-refractivity contribution in [3.8, 4) is 0 Å². The van der Waals surface area contributed by atoms with Crippen LogP contribution in [-0.4, -0.2) is 21.9 Å². The molecule has 0 saturated heterocycles. The Hall–Kier alpha value is -1.55. The van der Waals surface area contributed by atoms with Crippen molar-refractivity contribution in [1.82, 2.24) is 9.47 Å². The van der Waals surface area contributed by atoms with Crippen molar-refractivity contribution in [3.05, 3.63) is 57.8 Å². The van der Waals surface area contributed by atoms with E-state index in [0.29, 0.717) is 6.54 Å². The molecule has 0 fully saturated rings. The van der Waals surface area contributed by atoms with Crippen molar-refractivity contribution < 1.29 is 4.79 Å². The fourth-order valence-electron chi connectivity index (χ4n) is 2.60. The second-order valence-corrected chi connectivity index (χ2v) is 5.71. The van der Waals surface area contributed by atoms with Gasteiger partial charge >= 0.3 is 0 Å². The van der Waals surface area contributed by atoms with Crippen LogP contribution in [0.2, 0.25) is 0 Å². The molecule has 2 aromatic rings. The van der Waals surface area contributed by atoms with Crippen LogP contribution in [0.25, 0.3) is 0 Å². The zero-order valence-electron chi connectivity index (χ0n) is 10.8. The topological polar surface area (TPSA) is 25.2 Å². The standard InChI is InChI=1S/C15H15BrN2O/c1-17-8-6-11-10-18(9-7-14(11)17)15(19)12-4-2-3-5-13(12)16/h2-6,8H,7,9-10H2,1H3. The van der Waals surface area contributed by atoms with Gasteiger partial charge in [-0.05, 0) is 39.7 Å². The van der Waals surface area contributed by atoms with Crippen LogP contribution in [-0.2, 0) is 20.0 Å². The third-order valence-corrected chi connectivity index (χ3v) is 4.36. The van der Waals surface area contributed by atoms with Crippen LogP contribution in [0.4, 0.5) is 0 Å². The third-order valence-electron chi connectivity index (χ3n) is 3.67. The predicted octanol–water partition coefficient (Wildman–Crippen LogP) is 2.99. The van der Waals surface area contributed by atoms with E-state index >= 15 is 0 Å². The first-order valence-electron chi connectivity index (χ1n) is 6.33. The lowest BCUT2D eigenvalue weighted by atomic mass is 10.1. The Kier molecular flexibility index (Phi) is 3.19. The Balaban J connectivity index is 1.86. The summed E-state index contributed by atoms with van der Waals surface area (Å²) in [6, 6.07) is 9.70. The summed E-state index contributed by atoms with van der Waals surface area (Å²) < 4.78 is 3.01. The van der Waals surface area contributed by atoms with Crippen molar-refractivity contribution in [1.29, 1.82) is 0 Å². The Bertz CT molecular complexity index is 633. The van der Waals surface area contributed by atoms with E-state index in [-0.39, 0.29) is 5.91 Å². The largest absolute Gasteiger partial charge is 0.354 e. The maximum atomic E-state index is 12.5. The first-order valence-corrected chi connectivity index (χ1v) is 7.13. The van der Waals surface area contributed by atoms with Gasteiger partial charge in [0, 0.05) is 42.9 Å². The highest BCUT2D eigenvalue weighted by atomic mass is 79.9. The molecule has 0 unspecified atom stereocenters. The molecule has 0 atom stereocenters. The maximum absolute atomic E-state index is 12.5. The number of aryl methyl sites for hydroxylation is 1. The van der Waals surface area contributed by atoms with E-state index in [1.807, 2.05) is 29.2 Å². The van der Waals surface area contributed by atoms with E-state index in [9.17, 15) is 4.79 Å². The average Bonchev–Trinajstić information content (AvgIpc) is 2.80. The van der Waals surface area contributed by atoms with Crippen molar-refractivity contribution >= 4 is 21.8 Å². The van der Waals surface area contributed by atoms with E-state index in [4.69, 9.17) is 0 Å². The number of fused-ring (bicyclic) bond motifs is 1. The molecule has 0 spiro atoms. The number of rotatable bonds is 1. The monoisotopic (exact) mass is 318 g/mol. The molecule has 1 aromatic heterocycles. The molecular weight excluding hydrogens is 304 g/mol. The number of amides is 1. The molecule has 0 aliphatic carbocycles. The van der Waals surface area contributed by atoms with Gasteiger partial charge in [-0.3, -0.25) is 4.79 Å². The molecule has 3 nitrogen and oxygen atoms in total. The van der Waals surface area contributed by atoms with Crippen molar-refractivity contribution in [2.75, 3.05) is 6.54 Å². The Morgan fingerprint density at radius 3 is 2.84 bits per heavy atom. The molecule has 2 heterocycles. The Labute approximate surface area is 121 Å². The minimum absolute atomic E-state index is 0.0991. The van der Waals surface area contributed by atoms with Crippen molar-refractivity contribution in [3.63, 3.8) is 0 Å². The van der Waals surface area contributed by atoms with Crippen LogP contribution >= 0.6 is 15.9 Å². The molecule has 19 heavy (non-hydrogen) atoms. The smallest absolute Gasteiger partial charge is 0.255 e. The lowest BCUT2D eigenvalue weighted by molar-refractivity contribution is 0.0732. The fourth-order valence-corrected chi connectivity index (χ4v) is 3.05. The summed E-state index contributed by atoms with van der Waals surface area (Å²) in [6.07, 6.45) is 2.99. The van der Waals surface area contributed by atoms with Crippen LogP contribution in [0.3, 0.4) is 0 Å². The number of carbonyl (C=O) groups excluding carboxylic acids is 1. The maximum Gasteiger partial charge on any atom is 0.255 e. The van der Waals surface area contributed by atoms with Gasteiger partial charge in [-0.2, -0.15) is 0 Å². The van der Waals surface area contributed by atoms with Gasteiger partial charge in [0.2, 0.25) is 0 Å². The first-order chi connectivity index (χ1) is 9.16. The summed E-state index contributed by atoms with van der Waals surface area (Å²) in [5.41, 5.74) is 3.34.